The Morgan fingerprint density at radius 2 is 2.09 bits per heavy atom. The Balaban J connectivity index is 1.90. The van der Waals surface area contributed by atoms with Gasteiger partial charge in [0.15, 0.2) is 0 Å². The summed E-state index contributed by atoms with van der Waals surface area (Å²) < 4.78 is 6.15. The molecule has 7 heteroatoms. The van der Waals surface area contributed by atoms with Crippen LogP contribution in [0.25, 0.3) is 0 Å². The number of furan rings is 1. The van der Waals surface area contributed by atoms with Crippen LogP contribution < -0.4 is 11.2 Å². The summed E-state index contributed by atoms with van der Waals surface area (Å²) in [7, 11) is 0. The zero-order valence-electron chi connectivity index (χ0n) is 12.9. The number of H-pyrrole nitrogens is 1. The number of carbonyl (C=O) groups excluding carboxylic acids is 1. The first kappa shape index (κ1) is 15.3. The fraction of sp³-hybridized carbons (Fsp3) is 0.438. The van der Waals surface area contributed by atoms with Crippen molar-refractivity contribution in [1.82, 2.24) is 14.5 Å². The minimum absolute atomic E-state index is 0.000674. The zero-order valence-corrected chi connectivity index (χ0v) is 12.9. The number of likely N-dealkylation sites (tertiary alicyclic amines) is 1. The van der Waals surface area contributed by atoms with Crippen LogP contribution in [0.5, 0.6) is 0 Å². The molecule has 0 bridgehead atoms. The van der Waals surface area contributed by atoms with Gasteiger partial charge in [-0.25, -0.2) is 4.79 Å². The first-order valence-electron chi connectivity index (χ1n) is 7.70. The van der Waals surface area contributed by atoms with Gasteiger partial charge in [-0.3, -0.25) is 14.2 Å². The molecule has 1 aliphatic rings. The van der Waals surface area contributed by atoms with Crippen LogP contribution in [0.3, 0.4) is 0 Å². The summed E-state index contributed by atoms with van der Waals surface area (Å²) in [6.07, 6.45) is 4.54. The lowest BCUT2D eigenvalue weighted by atomic mass is 9.99. The highest BCUT2D eigenvalue weighted by Gasteiger charge is 2.24. The van der Waals surface area contributed by atoms with E-state index in [-0.39, 0.29) is 18.0 Å². The number of rotatable bonds is 3. The van der Waals surface area contributed by atoms with Crippen LogP contribution in [0, 0.1) is 5.92 Å². The van der Waals surface area contributed by atoms with Crippen LogP contribution in [-0.2, 0) is 6.54 Å². The van der Waals surface area contributed by atoms with Crippen molar-refractivity contribution in [3.05, 3.63) is 56.8 Å². The average Bonchev–Trinajstić information content (AvgIpc) is 3.05. The second kappa shape index (κ2) is 6.28. The monoisotopic (exact) mass is 317 g/mol. The first-order chi connectivity index (χ1) is 11.1. The largest absolute Gasteiger partial charge is 0.467 e. The number of amides is 1. The highest BCUT2D eigenvalue weighted by molar-refractivity contribution is 5.93. The third kappa shape index (κ3) is 3.13. The van der Waals surface area contributed by atoms with Crippen LogP contribution in [0.1, 0.15) is 35.9 Å². The van der Waals surface area contributed by atoms with Crippen molar-refractivity contribution in [3.63, 3.8) is 0 Å². The molecule has 122 valence electrons. The van der Waals surface area contributed by atoms with Crippen LogP contribution >= 0.6 is 0 Å². The van der Waals surface area contributed by atoms with Crippen molar-refractivity contribution in [3.8, 4) is 0 Å². The number of carbonyl (C=O) groups is 1. The van der Waals surface area contributed by atoms with Gasteiger partial charge in [0.05, 0.1) is 12.8 Å². The lowest BCUT2D eigenvalue weighted by Gasteiger charge is -2.30. The van der Waals surface area contributed by atoms with Gasteiger partial charge in [-0.15, -0.1) is 0 Å². The normalized spacial score (nSPS) is 15.8. The topological polar surface area (TPSA) is 88.3 Å². The molecule has 0 aliphatic carbocycles. The molecule has 0 radical (unpaired) electrons. The summed E-state index contributed by atoms with van der Waals surface area (Å²) in [5, 5.41) is 0. The van der Waals surface area contributed by atoms with Gasteiger partial charge in [-0.2, -0.15) is 0 Å². The van der Waals surface area contributed by atoms with Crippen molar-refractivity contribution < 1.29 is 9.21 Å². The van der Waals surface area contributed by atoms with Crippen molar-refractivity contribution in [2.75, 3.05) is 13.1 Å². The van der Waals surface area contributed by atoms with Gasteiger partial charge < -0.3 is 14.3 Å². The molecule has 1 aliphatic heterocycles. The van der Waals surface area contributed by atoms with Gasteiger partial charge in [0.2, 0.25) is 0 Å². The zero-order chi connectivity index (χ0) is 16.4. The molecular formula is C16H19N3O4. The first-order valence-corrected chi connectivity index (χ1v) is 7.70. The average molecular weight is 317 g/mol. The molecule has 0 aromatic carbocycles. The molecule has 0 unspecified atom stereocenters. The van der Waals surface area contributed by atoms with Crippen LogP contribution in [0.15, 0.2) is 38.6 Å². The minimum atomic E-state index is -0.589. The number of hydrogen-bond acceptors (Lipinski definition) is 4. The maximum absolute atomic E-state index is 12.6. The molecule has 3 heterocycles. The minimum Gasteiger partial charge on any atom is -0.467 e. The molecule has 2 aromatic heterocycles. The Hall–Kier alpha value is -2.57. The van der Waals surface area contributed by atoms with E-state index < -0.39 is 11.2 Å². The lowest BCUT2D eigenvalue weighted by molar-refractivity contribution is 0.0694. The van der Waals surface area contributed by atoms with Gasteiger partial charge in [-0.05, 0) is 30.9 Å². The SMILES string of the molecule is CC1CCN(C(=O)c2c[nH]c(=O)n(Cc3ccco3)c2=O)CC1. The van der Waals surface area contributed by atoms with Gasteiger partial charge in [0.25, 0.3) is 11.5 Å². The Morgan fingerprint density at radius 1 is 1.35 bits per heavy atom. The summed E-state index contributed by atoms with van der Waals surface area (Å²) in [5.74, 6) is 0.741. The predicted molar refractivity (Wildman–Crippen MR) is 83.4 cm³/mol. The fourth-order valence-corrected chi connectivity index (χ4v) is 2.75. The standard InChI is InChI=1S/C16H19N3O4/c1-11-4-6-18(7-5-11)14(20)13-9-17-16(22)19(15(13)21)10-12-3-2-8-23-12/h2-3,8-9,11H,4-7,10H2,1H3,(H,17,22). The number of aromatic amines is 1. The number of hydrogen-bond donors (Lipinski definition) is 1. The fourth-order valence-electron chi connectivity index (χ4n) is 2.75. The maximum Gasteiger partial charge on any atom is 0.328 e. The van der Waals surface area contributed by atoms with Crippen molar-refractivity contribution in [2.45, 2.75) is 26.3 Å². The molecule has 1 N–H and O–H groups in total. The van der Waals surface area contributed by atoms with E-state index in [0.717, 1.165) is 17.4 Å². The van der Waals surface area contributed by atoms with E-state index in [1.807, 2.05) is 0 Å². The molecule has 3 rings (SSSR count). The van der Waals surface area contributed by atoms with Crippen LogP contribution in [-0.4, -0.2) is 33.4 Å². The summed E-state index contributed by atoms with van der Waals surface area (Å²) >= 11 is 0. The molecule has 0 saturated carbocycles. The highest BCUT2D eigenvalue weighted by atomic mass is 16.3. The summed E-state index contributed by atoms with van der Waals surface area (Å²) in [6.45, 7) is 3.42. The van der Waals surface area contributed by atoms with E-state index in [4.69, 9.17) is 4.42 Å². The molecule has 1 fully saturated rings. The van der Waals surface area contributed by atoms with Crippen molar-refractivity contribution in [1.29, 1.82) is 0 Å². The third-order valence-electron chi connectivity index (χ3n) is 4.26. The van der Waals surface area contributed by atoms with Gasteiger partial charge >= 0.3 is 5.69 Å². The van der Waals surface area contributed by atoms with Crippen LogP contribution in [0.2, 0.25) is 0 Å². The van der Waals surface area contributed by atoms with Crippen molar-refractivity contribution in [2.24, 2.45) is 5.92 Å². The number of aromatic nitrogens is 2. The quantitative estimate of drug-likeness (QED) is 0.916. The summed E-state index contributed by atoms with van der Waals surface area (Å²) in [6, 6.07) is 3.35. The number of nitrogens with zero attached hydrogens (tertiary/aromatic N) is 2. The van der Waals surface area contributed by atoms with E-state index in [2.05, 4.69) is 11.9 Å². The van der Waals surface area contributed by atoms with E-state index in [1.165, 1.54) is 12.5 Å². The van der Waals surface area contributed by atoms with Gasteiger partial charge in [-0.1, -0.05) is 6.92 Å². The molecule has 1 saturated heterocycles. The van der Waals surface area contributed by atoms with E-state index in [9.17, 15) is 14.4 Å². The van der Waals surface area contributed by atoms with E-state index in [0.29, 0.717) is 24.8 Å². The molecule has 7 nitrogen and oxygen atoms in total. The molecule has 2 aromatic rings. The Morgan fingerprint density at radius 3 is 2.74 bits per heavy atom. The van der Waals surface area contributed by atoms with Gasteiger partial charge in [0.1, 0.15) is 11.3 Å². The Labute approximate surface area is 132 Å². The Bertz CT molecular complexity index is 795. The molecule has 0 spiro atoms. The molecule has 0 atom stereocenters. The summed E-state index contributed by atoms with van der Waals surface area (Å²) in [4.78, 5) is 41.1. The third-order valence-corrected chi connectivity index (χ3v) is 4.26. The highest BCUT2D eigenvalue weighted by Crippen LogP contribution is 2.17. The molecular weight excluding hydrogens is 298 g/mol. The summed E-state index contributed by atoms with van der Waals surface area (Å²) in [5.41, 5.74) is -1.16. The van der Waals surface area contributed by atoms with E-state index >= 15 is 0 Å². The second-order valence-electron chi connectivity index (χ2n) is 5.95. The number of piperidine rings is 1. The molecule has 23 heavy (non-hydrogen) atoms. The lowest BCUT2D eigenvalue weighted by Crippen LogP contribution is -2.44. The maximum atomic E-state index is 12.6. The molecule has 1 amide bonds. The second-order valence-corrected chi connectivity index (χ2v) is 5.95. The number of nitrogens with one attached hydrogen (secondary N) is 1. The van der Waals surface area contributed by atoms with Crippen LogP contribution in [0.4, 0.5) is 0 Å². The Kier molecular flexibility index (Phi) is 4.18. The van der Waals surface area contributed by atoms with E-state index in [1.54, 1.807) is 17.0 Å². The smallest absolute Gasteiger partial charge is 0.328 e. The van der Waals surface area contributed by atoms with Crippen molar-refractivity contribution >= 4 is 5.91 Å². The van der Waals surface area contributed by atoms with Gasteiger partial charge in [0, 0.05) is 19.3 Å². The predicted octanol–water partition coefficient (Wildman–Crippen LogP) is 1.05.